The maximum Gasteiger partial charge on any atom is 0.306 e. The molecule has 98 valence electrons. The van der Waals surface area contributed by atoms with Crippen LogP contribution in [0, 0.1) is 3.57 Å². The molecule has 2 nitrogen and oxygen atoms in total. The van der Waals surface area contributed by atoms with Gasteiger partial charge in [0.1, 0.15) is 0 Å². The van der Waals surface area contributed by atoms with Crippen molar-refractivity contribution >= 4 is 28.6 Å². The van der Waals surface area contributed by atoms with Crippen molar-refractivity contribution in [2.24, 2.45) is 0 Å². The fourth-order valence-corrected chi connectivity index (χ4v) is 2.42. The van der Waals surface area contributed by atoms with E-state index >= 15 is 0 Å². The third kappa shape index (κ3) is 3.80. The average molecular weight is 366 g/mol. The molecule has 0 spiro atoms. The van der Waals surface area contributed by atoms with Crippen LogP contribution in [0.5, 0.6) is 0 Å². The Morgan fingerprint density at radius 2 is 1.63 bits per heavy atom. The third-order valence-electron chi connectivity index (χ3n) is 3.07. The minimum atomic E-state index is -0.188. The van der Waals surface area contributed by atoms with Gasteiger partial charge in [-0.05, 0) is 45.9 Å². The predicted octanol–water partition coefficient (Wildman–Crippen LogP) is 3.99. The lowest BCUT2D eigenvalue weighted by Gasteiger charge is -2.17. The summed E-state index contributed by atoms with van der Waals surface area (Å²) in [5.74, 6) is -0.141. The highest BCUT2D eigenvalue weighted by molar-refractivity contribution is 14.1. The number of rotatable bonds is 4. The van der Waals surface area contributed by atoms with Gasteiger partial charge in [0.05, 0.1) is 13.5 Å². The Hall–Kier alpha value is -1.36. The molecule has 0 fully saturated rings. The van der Waals surface area contributed by atoms with Gasteiger partial charge < -0.3 is 4.74 Å². The Bertz CT molecular complexity index is 534. The molecular weight excluding hydrogens is 351 g/mol. The monoisotopic (exact) mass is 366 g/mol. The summed E-state index contributed by atoms with van der Waals surface area (Å²) in [6.07, 6.45) is 0.362. The Balaban J connectivity index is 2.34. The van der Waals surface area contributed by atoms with Crippen molar-refractivity contribution in [3.63, 3.8) is 0 Å². The van der Waals surface area contributed by atoms with Gasteiger partial charge in [-0.25, -0.2) is 0 Å². The topological polar surface area (TPSA) is 26.3 Å². The molecule has 0 aliphatic heterocycles. The van der Waals surface area contributed by atoms with Crippen LogP contribution in [0.2, 0.25) is 0 Å². The van der Waals surface area contributed by atoms with E-state index in [1.165, 1.54) is 10.7 Å². The maximum absolute atomic E-state index is 11.6. The van der Waals surface area contributed by atoms with Crippen LogP contribution in [0.25, 0.3) is 0 Å². The molecule has 2 rings (SSSR count). The van der Waals surface area contributed by atoms with E-state index in [1.807, 2.05) is 30.3 Å². The highest BCUT2D eigenvalue weighted by Crippen LogP contribution is 2.28. The lowest BCUT2D eigenvalue weighted by atomic mass is 9.89. The fourth-order valence-electron chi connectivity index (χ4n) is 2.06. The average Bonchev–Trinajstić information content (AvgIpc) is 2.46. The number of esters is 1. The molecule has 19 heavy (non-hydrogen) atoms. The van der Waals surface area contributed by atoms with E-state index in [4.69, 9.17) is 4.74 Å². The molecule has 0 aromatic heterocycles. The molecule has 1 unspecified atom stereocenters. The van der Waals surface area contributed by atoms with Crippen molar-refractivity contribution in [2.45, 2.75) is 12.3 Å². The summed E-state index contributed by atoms with van der Waals surface area (Å²) in [5, 5.41) is 0. The van der Waals surface area contributed by atoms with E-state index in [0.29, 0.717) is 6.42 Å². The normalized spacial score (nSPS) is 11.9. The first-order valence-electron chi connectivity index (χ1n) is 6.08. The van der Waals surface area contributed by atoms with Crippen LogP contribution in [-0.2, 0) is 9.53 Å². The molecule has 1 atom stereocenters. The van der Waals surface area contributed by atoms with Crippen LogP contribution in [0.4, 0.5) is 0 Å². The van der Waals surface area contributed by atoms with E-state index in [9.17, 15) is 4.79 Å². The van der Waals surface area contributed by atoms with Crippen LogP contribution in [0.1, 0.15) is 23.5 Å². The molecule has 2 aromatic rings. The number of hydrogen-bond acceptors (Lipinski definition) is 2. The van der Waals surface area contributed by atoms with Gasteiger partial charge >= 0.3 is 5.97 Å². The highest BCUT2D eigenvalue weighted by Gasteiger charge is 2.18. The van der Waals surface area contributed by atoms with Crippen LogP contribution < -0.4 is 0 Å². The largest absolute Gasteiger partial charge is 0.469 e. The summed E-state index contributed by atoms with van der Waals surface area (Å²) in [4.78, 5) is 11.6. The smallest absolute Gasteiger partial charge is 0.306 e. The Morgan fingerprint density at radius 3 is 2.21 bits per heavy atom. The van der Waals surface area contributed by atoms with Crippen LogP contribution in [0.3, 0.4) is 0 Å². The first-order valence-corrected chi connectivity index (χ1v) is 7.16. The Morgan fingerprint density at radius 1 is 1.05 bits per heavy atom. The number of halogens is 1. The molecular formula is C16H15IO2. The van der Waals surface area contributed by atoms with E-state index in [-0.39, 0.29) is 11.9 Å². The van der Waals surface area contributed by atoms with Crippen molar-refractivity contribution in [1.82, 2.24) is 0 Å². The van der Waals surface area contributed by atoms with E-state index in [1.54, 1.807) is 0 Å². The summed E-state index contributed by atoms with van der Waals surface area (Å²) in [6, 6.07) is 18.3. The second-order valence-electron chi connectivity index (χ2n) is 4.30. The van der Waals surface area contributed by atoms with Gasteiger partial charge in [0, 0.05) is 9.49 Å². The number of methoxy groups -OCH3 is 1. The standard InChI is InChI=1S/C16H15IO2/c1-19-16(18)11-15(12-5-3-2-4-6-12)13-7-9-14(17)10-8-13/h2-10,15H,11H2,1H3. The molecule has 0 amide bonds. The molecule has 3 heteroatoms. The number of hydrogen-bond donors (Lipinski definition) is 0. The molecule has 0 saturated heterocycles. The fraction of sp³-hybridized carbons (Fsp3) is 0.188. The van der Waals surface area contributed by atoms with Gasteiger partial charge in [0.15, 0.2) is 0 Å². The summed E-state index contributed by atoms with van der Waals surface area (Å²) in [5.41, 5.74) is 2.27. The molecule has 0 bridgehead atoms. The zero-order valence-corrected chi connectivity index (χ0v) is 12.8. The van der Waals surface area contributed by atoms with E-state index in [0.717, 1.165) is 11.1 Å². The minimum Gasteiger partial charge on any atom is -0.469 e. The van der Waals surface area contributed by atoms with Gasteiger partial charge in [0.2, 0.25) is 0 Å². The lowest BCUT2D eigenvalue weighted by Crippen LogP contribution is -2.10. The summed E-state index contributed by atoms with van der Waals surface area (Å²) < 4.78 is 5.99. The van der Waals surface area contributed by atoms with Crippen molar-refractivity contribution in [3.8, 4) is 0 Å². The Kier molecular flexibility index (Phi) is 4.96. The summed E-state index contributed by atoms with van der Waals surface area (Å²) >= 11 is 2.28. The van der Waals surface area contributed by atoms with Gasteiger partial charge in [-0.3, -0.25) is 4.79 Å². The van der Waals surface area contributed by atoms with Crippen molar-refractivity contribution < 1.29 is 9.53 Å². The predicted molar refractivity (Wildman–Crippen MR) is 84.1 cm³/mol. The van der Waals surface area contributed by atoms with E-state index in [2.05, 4.69) is 46.9 Å². The molecule has 0 N–H and O–H groups in total. The SMILES string of the molecule is COC(=O)CC(c1ccccc1)c1ccc(I)cc1. The number of carbonyl (C=O) groups excluding carboxylic acids is 1. The molecule has 0 radical (unpaired) electrons. The van der Waals surface area contributed by atoms with Gasteiger partial charge in [-0.2, -0.15) is 0 Å². The van der Waals surface area contributed by atoms with Crippen molar-refractivity contribution in [3.05, 3.63) is 69.3 Å². The summed E-state index contributed by atoms with van der Waals surface area (Å²) in [6.45, 7) is 0. The maximum atomic E-state index is 11.6. The molecule has 0 aliphatic rings. The second kappa shape index (κ2) is 6.70. The number of benzene rings is 2. The molecule has 0 saturated carbocycles. The second-order valence-corrected chi connectivity index (χ2v) is 5.54. The summed E-state index contributed by atoms with van der Waals surface area (Å²) in [7, 11) is 1.43. The number of ether oxygens (including phenoxy) is 1. The number of carbonyl (C=O) groups is 1. The molecule has 0 aliphatic carbocycles. The van der Waals surface area contributed by atoms with E-state index < -0.39 is 0 Å². The van der Waals surface area contributed by atoms with Crippen LogP contribution in [0.15, 0.2) is 54.6 Å². The Labute approximate surface area is 126 Å². The minimum absolute atomic E-state index is 0.0469. The first-order chi connectivity index (χ1) is 9.20. The highest BCUT2D eigenvalue weighted by atomic mass is 127. The molecule has 2 aromatic carbocycles. The first kappa shape index (κ1) is 14.1. The zero-order chi connectivity index (χ0) is 13.7. The van der Waals surface area contributed by atoms with Gasteiger partial charge in [-0.15, -0.1) is 0 Å². The van der Waals surface area contributed by atoms with Crippen LogP contribution >= 0.6 is 22.6 Å². The molecule has 0 heterocycles. The van der Waals surface area contributed by atoms with Gasteiger partial charge in [0.25, 0.3) is 0 Å². The van der Waals surface area contributed by atoms with Gasteiger partial charge in [-0.1, -0.05) is 42.5 Å². The van der Waals surface area contributed by atoms with Crippen molar-refractivity contribution in [2.75, 3.05) is 7.11 Å². The quantitative estimate of drug-likeness (QED) is 0.604. The third-order valence-corrected chi connectivity index (χ3v) is 3.79. The van der Waals surface area contributed by atoms with Crippen LogP contribution in [-0.4, -0.2) is 13.1 Å². The zero-order valence-electron chi connectivity index (χ0n) is 10.7. The van der Waals surface area contributed by atoms with Crippen molar-refractivity contribution in [1.29, 1.82) is 0 Å². The lowest BCUT2D eigenvalue weighted by molar-refractivity contribution is -0.140.